The van der Waals surface area contributed by atoms with Crippen LogP contribution in [-0.2, 0) is 9.59 Å². The number of barbiturate groups is 1. The Morgan fingerprint density at radius 2 is 1.83 bits per heavy atom. The van der Waals surface area contributed by atoms with E-state index in [0.717, 1.165) is 16.2 Å². The number of hydrogen-bond donors (Lipinski definition) is 2. The van der Waals surface area contributed by atoms with Gasteiger partial charge in [0.25, 0.3) is 11.8 Å². The maximum atomic E-state index is 12.7. The van der Waals surface area contributed by atoms with E-state index in [-0.39, 0.29) is 18.0 Å². The quantitative estimate of drug-likeness (QED) is 0.609. The predicted octanol–water partition coefficient (Wildman–Crippen LogP) is 0.516. The zero-order valence-electron chi connectivity index (χ0n) is 13.3. The molecule has 0 saturated carbocycles. The monoisotopic (exact) mass is 321 g/mol. The summed E-state index contributed by atoms with van der Waals surface area (Å²) in [5.41, 5.74) is 11.1. The zero-order valence-corrected chi connectivity index (χ0v) is 13.3. The molecule has 2 heterocycles. The standard InChI is InChI=1S/C14H19N5O4/c1-4-5-6-18-12(20)9(11(15)16)13(21)19(14(18)22)10-7(2)17-23-8(10)3/h4-6,15-16H2,1-3H3. The Morgan fingerprint density at radius 3 is 2.30 bits per heavy atom. The molecule has 0 spiro atoms. The van der Waals surface area contributed by atoms with Crippen molar-refractivity contribution in [3.05, 3.63) is 22.8 Å². The van der Waals surface area contributed by atoms with E-state index in [9.17, 15) is 14.4 Å². The highest BCUT2D eigenvalue weighted by atomic mass is 16.5. The van der Waals surface area contributed by atoms with Gasteiger partial charge in [-0.3, -0.25) is 14.5 Å². The molecule has 0 aliphatic carbocycles. The van der Waals surface area contributed by atoms with Crippen molar-refractivity contribution in [2.75, 3.05) is 11.4 Å². The minimum atomic E-state index is -0.873. The number of rotatable bonds is 4. The number of imide groups is 2. The minimum Gasteiger partial charge on any atom is -0.385 e. The fourth-order valence-electron chi connectivity index (χ4n) is 2.39. The molecule has 9 nitrogen and oxygen atoms in total. The number of anilines is 1. The van der Waals surface area contributed by atoms with Crippen molar-refractivity contribution >= 4 is 23.5 Å². The summed E-state index contributed by atoms with van der Waals surface area (Å²) in [6.45, 7) is 5.24. The highest BCUT2D eigenvalue weighted by Crippen LogP contribution is 2.30. The fourth-order valence-corrected chi connectivity index (χ4v) is 2.39. The van der Waals surface area contributed by atoms with Crippen molar-refractivity contribution in [3.8, 4) is 0 Å². The Labute approximate surface area is 132 Å². The molecule has 0 radical (unpaired) electrons. The second kappa shape index (κ2) is 6.11. The lowest BCUT2D eigenvalue weighted by Gasteiger charge is -2.33. The van der Waals surface area contributed by atoms with Crippen LogP contribution < -0.4 is 16.4 Å². The predicted molar refractivity (Wildman–Crippen MR) is 80.9 cm³/mol. The number of aromatic nitrogens is 1. The van der Waals surface area contributed by atoms with Gasteiger partial charge in [0.2, 0.25) is 0 Å². The van der Waals surface area contributed by atoms with Gasteiger partial charge in [-0.25, -0.2) is 9.69 Å². The van der Waals surface area contributed by atoms with Crippen LogP contribution in [0.2, 0.25) is 0 Å². The van der Waals surface area contributed by atoms with Gasteiger partial charge in [0.05, 0.1) is 0 Å². The lowest BCUT2D eigenvalue weighted by Crippen LogP contribution is -2.58. The zero-order chi connectivity index (χ0) is 17.3. The van der Waals surface area contributed by atoms with E-state index >= 15 is 0 Å². The Bertz CT molecular complexity index is 683. The minimum absolute atomic E-state index is 0.165. The molecule has 2 rings (SSSR count). The van der Waals surface area contributed by atoms with Crippen molar-refractivity contribution in [1.29, 1.82) is 0 Å². The number of unbranched alkanes of at least 4 members (excludes halogenated alkanes) is 1. The molecule has 23 heavy (non-hydrogen) atoms. The first kappa shape index (κ1) is 16.5. The molecule has 0 aromatic carbocycles. The van der Waals surface area contributed by atoms with Gasteiger partial charge in [0.1, 0.15) is 22.8 Å². The van der Waals surface area contributed by atoms with Gasteiger partial charge in [0, 0.05) is 6.54 Å². The Balaban J connectivity index is 2.57. The maximum absolute atomic E-state index is 12.7. The van der Waals surface area contributed by atoms with E-state index in [1.807, 2.05) is 6.92 Å². The number of aryl methyl sites for hydroxylation is 2. The molecule has 4 amide bonds. The summed E-state index contributed by atoms with van der Waals surface area (Å²) in [6, 6.07) is -0.757. The van der Waals surface area contributed by atoms with Crippen LogP contribution in [0.25, 0.3) is 0 Å². The van der Waals surface area contributed by atoms with Crippen LogP contribution in [-0.4, -0.2) is 34.4 Å². The second-order valence-electron chi connectivity index (χ2n) is 5.24. The average molecular weight is 321 g/mol. The van der Waals surface area contributed by atoms with Crippen LogP contribution in [0.5, 0.6) is 0 Å². The van der Waals surface area contributed by atoms with Gasteiger partial charge < -0.3 is 16.0 Å². The van der Waals surface area contributed by atoms with Crippen LogP contribution in [0.1, 0.15) is 31.2 Å². The van der Waals surface area contributed by atoms with E-state index < -0.39 is 29.2 Å². The van der Waals surface area contributed by atoms with Crippen LogP contribution in [0.15, 0.2) is 15.9 Å². The van der Waals surface area contributed by atoms with Crippen LogP contribution in [0.4, 0.5) is 10.5 Å². The first-order chi connectivity index (χ1) is 10.8. The Hall–Kier alpha value is -2.84. The molecule has 1 aromatic heterocycles. The number of nitrogens with two attached hydrogens (primary N) is 2. The van der Waals surface area contributed by atoms with Crippen molar-refractivity contribution in [2.24, 2.45) is 11.5 Å². The number of carbonyl (C=O) groups is 3. The summed E-state index contributed by atoms with van der Waals surface area (Å²) < 4.78 is 5.01. The highest BCUT2D eigenvalue weighted by molar-refractivity contribution is 6.37. The van der Waals surface area contributed by atoms with E-state index in [1.165, 1.54) is 0 Å². The van der Waals surface area contributed by atoms with Gasteiger partial charge in [-0.15, -0.1) is 0 Å². The highest BCUT2D eigenvalue weighted by Gasteiger charge is 2.45. The molecule has 1 aliphatic heterocycles. The largest absolute Gasteiger partial charge is 0.385 e. The Morgan fingerprint density at radius 1 is 1.17 bits per heavy atom. The third-order valence-electron chi connectivity index (χ3n) is 3.54. The smallest absolute Gasteiger partial charge is 0.338 e. The number of carbonyl (C=O) groups excluding carboxylic acids is 3. The third-order valence-corrected chi connectivity index (χ3v) is 3.54. The summed E-state index contributed by atoms with van der Waals surface area (Å²) >= 11 is 0. The Kier molecular flexibility index (Phi) is 4.39. The maximum Gasteiger partial charge on any atom is 0.338 e. The van der Waals surface area contributed by atoms with Gasteiger partial charge in [-0.2, -0.15) is 0 Å². The molecule has 0 atom stereocenters. The number of amides is 4. The topological polar surface area (TPSA) is 136 Å². The third kappa shape index (κ3) is 2.65. The number of hydrogen-bond acceptors (Lipinski definition) is 7. The van der Waals surface area contributed by atoms with Crippen molar-refractivity contribution < 1.29 is 18.9 Å². The summed E-state index contributed by atoms with van der Waals surface area (Å²) in [5, 5.41) is 3.73. The molecule has 0 bridgehead atoms. The average Bonchev–Trinajstić information content (AvgIpc) is 2.79. The normalized spacial score (nSPS) is 15.6. The van der Waals surface area contributed by atoms with Crippen molar-refractivity contribution in [2.45, 2.75) is 33.6 Å². The first-order valence-electron chi connectivity index (χ1n) is 7.19. The van der Waals surface area contributed by atoms with Gasteiger partial charge in [-0.1, -0.05) is 18.5 Å². The van der Waals surface area contributed by atoms with E-state index in [0.29, 0.717) is 12.1 Å². The molecule has 1 saturated heterocycles. The molecular formula is C14H19N5O4. The summed E-state index contributed by atoms with van der Waals surface area (Å²) in [7, 11) is 0. The molecule has 1 fully saturated rings. The number of nitrogens with zero attached hydrogens (tertiary/aromatic N) is 3. The molecule has 9 heteroatoms. The van der Waals surface area contributed by atoms with E-state index in [1.54, 1.807) is 13.8 Å². The summed E-state index contributed by atoms with van der Waals surface area (Å²) in [5.74, 6) is -1.80. The van der Waals surface area contributed by atoms with E-state index in [2.05, 4.69) is 5.16 Å². The van der Waals surface area contributed by atoms with Crippen LogP contribution >= 0.6 is 0 Å². The molecule has 0 unspecified atom stereocenters. The molecule has 124 valence electrons. The second-order valence-corrected chi connectivity index (χ2v) is 5.24. The molecule has 1 aliphatic rings. The molecular weight excluding hydrogens is 302 g/mol. The first-order valence-corrected chi connectivity index (χ1v) is 7.19. The summed E-state index contributed by atoms with van der Waals surface area (Å²) in [4.78, 5) is 39.4. The van der Waals surface area contributed by atoms with Crippen molar-refractivity contribution in [1.82, 2.24) is 10.1 Å². The fraction of sp³-hybridized carbons (Fsp3) is 0.429. The van der Waals surface area contributed by atoms with Crippen molar-refractivity contribution in [3.63, 3.8) is 0 Å². The lowest BCUT2D eigenvalue weighted by atomic mass is 10.1. The van der Waals surface area contributed by atoms with Gasteiger partial charge >= 0.3 is 6.03 Å². The van der Waals surface area contributed by atoms with Gasteiger partial charge in [-0.05, 0) is 20.3 Å². The molecule has 4 N–H and O–H groups in total. The van der Waals surface area contributed by atoms with Crippen LogP contribution in [0, 0.1) is 13.8 Å². The van der Waals surface area contributed by atoms with E-state index in [4.69, 9.17) is 16.0 Å². The SMILES string of the molecule is CCCCN1C(=O)C(=C(N)N)C(=O)N(c2c(C)noc2C)C1=O. The van der Waals surface area contributed by atoms with Crippen LogP contribution in [0.3, 0.4) is 0 Å². The lowest BCUT2D eigenvalue weighted by molar-refractivity contribution is -0.129. The molecule has 1 aromatic rings. The number of urea groups is 1. The van der Waals surface area contributed by atoms with Gasteiger partial charge in [0.15, 0.2) is 5.76 Å². The summed E-state index contributed by atoms with van der Waals surface area (Å²) in [6.07, 6.45) is 1.37.